The molecule has 3 rings (SSSR count). The summed E-state index contributed by atoms with van der Waals surface area (Å²) in [4.78, 5) is 5.79. The van der Waals surface area contributed by atoms with Crippen molar-refractivity contribution in [3.8, 4) is 0 Å². The van der Waals surface area contributed by atoms with Crippen LogP contribution in [-0.4, -0.2) is 34.1 Å². The molecule has 1 aromatic heterocycles. The predicted molar refractivity (Wildman–Crippen MR) is 82.2 cm³/mol. The SMILES string of the molecule is Cc1ccc2c(c1)[nH]c(=S)n2C1CCN(C)C(C)C1. The van der Waals surface area contributed by atoms with Gasteiger partial charge < -0.3 is 14.5 Å². The van der Waals surface area contributed by atoms with E-state index in [0.717, 1.165) is 16.8 Å². The van der Waals surface area contributed by atoms with Gasteiger partial charge in [0.25, 0.3) is 0 Å². The monoisotopic (exact) mass is 275 g/mol. The zero-order valence-electron chi connectivity index (χ0n) is 11.8. The number of rotatable bonds is 1. The summed E-state index contributed by atoms with van der Waals surface area (Å²) >= 11 is 5.54. The fraction of sp³-hybridized carbons (Fsp3) is 0.533. The van der Waals surface area contributed by atoms with E-state index < -0.39 is 0 Å². The molecule has 2 aromatic rings. The smallest absolute Gasteiger partial charge is 0.178 e. The van der Waals surface area contributed by atoms with Crippen molar-refractivity contribution in [3.63, 3.8) is 0 Å². The number of benzene rings is 1. The summed E-state index contributed by atoms with van der Waals surface area (Å²) < 4.78 is 3.19. The second kappa shape index (κ2) is 4.76. The van der Waals surface area contributed by atoms with E-state index >= 15 is 0 Å². The summed E-state index contributed by atoms with van der Waals surface area (Å²) in [5, 5.41) is 0. The molecule has 0 aliphatic carbocycles. The van der Waals surface area contributed by atoms with E-state index in [-0.39, 0.29) is 0 Å². The van der Waals surface area contributed by atoms with Gasteiger partial charge in [-0.25, -0.2) is 0 Å². The summed E-state index contributed by atoms with van der Waals surface area (Å²) in [6.07, 6.45) is 2.35. The largest absolute Gasteiger partial charge is 0.331 e. The van der Waals surface area contributed by atoms with Crippen molar-refractivity contribution in [3.05, 3.63) is 28.5 Å². The highest BCUT2D eigenvalue weighted by Crippen LogP contribution is 2.30. The number of likely N-dealkylation sites (tertiary alicyclic amines) is 1. The Labute approximate surface area is 119 Å². The van der Waals surface area contributed by atoms with Crippen molar-refractivity contribution in [2.45, 2.75) is 38.8 Å². The second-order valence-corrected chi connectivity index (χ2v) is 6.22. The van der Waals surface area contributed by atoms with Crippen LogP contribution in [0, 0.1) is 11.7 Å². The summed E-state index contributed by atoms with van der Waals surface area (Å²) in [6.45, 7) is 5.56. The Morgan fingerprint density at radius 2 is 2.16 bits per heavy atom. The van der Waals surface area contributed by atoms with Gasteiger partial charge in [-0.2, -0.15) is 0 Å². The average molecular weight is 275 g/mol. The first-order chi connectivity index (χ1) is 9.06. The van der Waals surface area contributed by atoms with E-state index in [1.54, 1.807) is 0 Å². The maximum Gasteiger partial charge on any atom is 0.178 e. The highest BCUT2D eigenvalue weighted by atomic mass is 32.1. The molecule has 19 heavy (non-hydrogen) atoms. The minimum atomic E-state index is 0.523. The van der Waals surface area contributed by atoms with E-state index in [9.17, 15) is 0 Å². The van der Waals surface area contributed by atoms with Crippen LogP contribution in [0.25, 0.3) is 11.0 Å². The van der Waals surface area contributed by atoms with Gasteiger partial charge in [-0.15, -0.1) is 0 Å². The molecular formula is C15H21N3S. The Kier molecular flexibility index (Phi) is 3.23. The van der Waals surface area contributed by atoms with Crippen LogP contribution in [0.2, 0.25) is 0 Å². The molecule has 102 valence electrons. The van der Waals surface area contributed by atoms with Crippen molar-refractivity contribution in [2.24, 2.45) is 0 Å². The number of aromatic nitrogens is 2. The lowest BCUT2D eigenvalue weighted by Crippen LogP contribution is -2.38. The number of hydrogen-bond acceptors (Lipinski definition) is 2. The number of nitrogens with one attached hydrogen (secondary N) is 1. The number of imidazole rings is 1. The Hall–Kier alpha value is -1.13. The Morgan fingerprint density at radius 3 is 2.89 bits per heavy atom. The number of piperidine rings is 1. The molecule has 1 saturated heterocycles. The van der Waals surface area contributed by atoms with Crippen LogP contribution in [0.5, 0.6) is 0 Å². The van der Waals surface area contributed by atoms with Crippen molar-refractivity contribution in [2.75, 3.05) is 13.6 Å². The highest BCUT2D eigenvalue weighted by Gasteiger charge is 2.25. The average Bonchev–Trinajstić information content (AvgIpc) is 2.68. The van der Waals surface area contributed by atoms with Crippen LogP contribution in [0.1, 0.15) is 31.4 Å². The first kappa shape index (κ1) is 12.9. The molecule has 1 N–H and O–H groups in total. The number of aromatic amines is 1. The van der Waals surface area contributed by atoms with Crippen LogP contribution < -0.4 is 0 Å². The molecule has 4 heteroatoms. The Morgan fingerprint density at radius 1 is 1.37 bits per heavy atom. The predicted octanol–water partition coefficient (Wildman–Crippen LogP) is 3.66. The summed E-state index contributed by atoms with van der Waals surface area (Å²) in [5.41, 5.74) is 3.68. The van der Waals surface area contributed by atoms with Gasteiger partial charge in [0.2, 0.25) is 0 Å². The third-order valence-corrected chi connectivity index (χ3v) is 4.72. The third-order valence-electron chi connectivity index (χ3n) is 4.42. The fourth-order valence-electron chi connectivity index (χ4n) is 3.11. The lowest BCUT2D eigenvalue weighted by atomic mass is 9.98. The molecule has 0 saturated carbocycles. The van der Waals surface area contributed by atoms with Crippen LogP contribution in [0.15, 0.2) is 18.2 Å². The highest BCUT2D eigenvalue weighted by molar-refractivity contribution is 7.71. The topological polar surface area (TPSA) is 24.0 Å². The molecule has 3 nitrogen and oxygen atoms in total. The van der Waals surface area contributed by atoms with E-state index in [2.05, 4.69) is 53.5 Å². The maximum absolute atomic E-state index is 5.54. The van der Waals surface area contributed by atoms with E-state index in [0.29, 0.717) is 12.1 Å². The molecule has 0 spiro atoms. The molecule has 2 atom stereocenters. The minimum Gasteiger partial charge on any atom is -0.331 e. The normalized spacial score (nSPS) is 25.0. The molecule has 2 heterocycles. The molecular weight excluding hydrogens is 254 g/mol. The molecule has 0 radical (unpaired) electrons. The zero-order chi connectivity index (χ0) is 13.6. The summed E-state index contributed by atoms with van der Waals surface area (Å²) in [7, 11) is 2.21. The van der Waals surface area contributed by atoms with Crippen LogP contribution in [0.3, 0.4) is 0 Å². The summed E-state index contributed by atoms with van der Waals surface area (Å²) in [6, 6.07) is 7.69. The fourth-order valence-corrected chi connectivity index (χ4v) is 3.46. The van der Waals surface area contributed by atoms with Gasteiger partial charge >= 0.3 is 0 Å². The lowest BCUT2D eigenvalue weighted by Gasteiger charge is -2.35. The van der Waals surface area contributed by atoms with E-state index in [4.69, 9.17) is 12.2 Å². The lowest BCUT2D eigenvalue weighted by molar-refractivity contribution is 0.158. The first-order valence-electron chi connectivity index (χ1n) is 6.97. The number of H-pyrrole nitrogens is 1. The van der Waals surface area contributed by atoms with Gasteiger partial charge in [0.15, 0.2) is 4.77 Å². The van der Waals surface area contributed by atoms with Gasteiger partial charge in [0.05, 0.1) is 11.0 Å². The van der Waals surface area contributed by atoms with Crippen LogP contribution >= 0.6 is 12.2 Å². The first-order valence-corrected chi connectivity index (χ1v) is 7.38. The molecule has 2 unspecified atom stereocenters. The van der Waals surface area contributed by atoms with Gasteiger partial charge in [0.1, 0.15) is 0 Å². The van der Waals surface area contributed by atoms with Crippen LogP contribution in [0.4, 0.5) is 0 Å². The number of fused-ring (bicyclic) bond motifs is 1. The second-order valence-electron chi connectivity index (χ2n) is 5.83. The molecule has 0 bridgehead atoms. The van der Waals surface area contributed by atoms with Gasteiger partial charge in [-0.3, -0.25) is 0 Å². The number of nitrogens with zero attached hydrogens (tertiary/aromatic N) is 2. The van der Waals surface area contributed by atoms with Crippen molar-refractivity contribution >= 4 is 23.3 Å². The Balaban J connectivity index is 2.05. The van der Waals surface area contributed by atoms with Crippen molar-refractivity contribution < 1.29 is 0 Å². The quantitative estimate of drug-likeness (QED) is 0.803. The zero-order valence-corrected chi connectivity index (χ0v) is 12.6. The van der Waals surface area contributed by atoms with Crippen molar-refractivity contribution in [1.82, 2.24) is 14.5 Å². The van der Waals surface area contributed by atoms with Gasteiger partial charge in [-0.1, -0.05) is 6.07 Å². The van der Waals surface area contributed by atoms with E-state index in [1.807, 2.05) is 0 Å². The van der Waals surface area contributed by atoms with Gasteiger partial charge in [-0.05, 0) is 63.7 Å². The number of aryl methyl sites for hydroxylation is 1. The van der Waals surface area contributed by atoms with E-state index in [1.165, 1.54) is 23.9 Å². The molecule has 1 aliphatic heterocycles. The molecule has 1 fully saturated rings. The maximum atomic E-state index is 5.54. The number of hydrogen-bond donors (Lipinski definition) is 1. The van der Waals surface area contributed by atoms with Gasteiger partial charge in [0, 0.05) is 18.6 Å². The standard InChI is InChI=1S/C15H21N3S/c1-10-4-5-14-13(8-10)16-15(19)18(14)12-6-7-17(3)11(2)9-12/h4-5,8,11-12H,6-7,9H2,1-3H3,(H,16,19). The van der Waals surface area contributed by atoms with Crippen LogP contribution in [-0.2, 0) is 0 Å². The molecule has 1 aliphatic rings. The van der Waals surface area contributed by atoms with Crippen molar-refractivity contribution in [1.29, 1.82) is 0 Å². The molecule has 1 aromatic carbocycles. The summed E-state index contributed by atoms with van der Waals surface area (Å²) in [5.74, 6) is 0. The minimum absolute atomic E-state index is 0.523. The Bertz CT molecular complexity index is 655. The third kappa shape index (κ3) is 2.23. The molecule has 0 amide bonds.